The second-order valence-electron chi connectivity index (χ2n) is 11.2. The molecule has 0 bridgehead atoms. The maximum absolute atomic E-state index is 14.9. The topological polar surface area (TPSA) is 26.0 Å². The highest BCUT2D eigenvalue weighted by atomic mass is 28.3. The first-order chi connectivity index (χ1) is 15.4. The lowest BCUT2D eigenvalue weighted by molar-refractivity contribution is 0.522. The van der Waals surface area contributed by atoms with E-state index >= 15 is 0 Å². The van der Waals surface area contributed by atoms with Crippen LogP contribution in [0, 0.1) is 12.7 Å². The molecule has 0 aliphatic rings. The Balaban J connectivity index is 1.82. The van der Waals surface area contributed by atoms with E-state index in [1.165, 1.54) is 16.6 Å². The van der Waals surface area contributed by atoms with Gasteiger partial charge in [-0.25, -0.2) is 4.39 Å². The molecule has 0 unspecified atom stereocenters. The first-order valence-electron chi connectivity index (χ1n) is 11.5. The summed E-state index contributed by atoms with van der Waals surface area (Å²) < 4.78 is 21.2. The number of rotatable bonds is 2. The molecule has 5 aromatic rings. The zero-order chi connectivity index (χ0) is 23.7. The molecule has 5 rings (SSSR count). The Morgan fingerprint density at radius 3 is 2.33 bits per heavy atom. The molecule has 168 valence electrons. The van der Waals surface area contributed by atoms with Crippen LogP contribution in [0.25, 0.3) is 44.0 Å². The molecule has 0 fully saturated rings. The van der Waals surface area contributed by atoms with Gasteiger partial charge < -0.3 is 4.42 Å². The van der Waals surface area contributed by atoms with E-state index in [9.17, 15) is 4.39 Å². The van der Waals surface area contributed by atoms with Gasteiger partial charge in [-0.2, -0.15) is 0 Å². The molecule has 0 atom stereocenters. The summed E-state index contributed by atoms with van der Waals surface area (Å²) in [6.45, 7) is 15.3. The molecule has 3 aromatic carbocycles. The molecule has 0 N–H and O–H groups in total. The monoisotopic (exact) mass is 455 g/mol. The Morgan fingerprint density at radius 1 is 0.879 bits per heavy atom. The second kappa shape index (κ2) is 7.26. The lowest BCUT2D eigenvalue weighted by Crippen LogP contribution is -2.37. The van der Waals surface area contributed by atoms with E-state index in [4.69, 9.17) is 9.40 Å². The number of nitrogens with zero attached hydrogens (tertiary/aromatic N) is 1. The number of aryl methyl sites for hydroxylation is 1. The summed E-state index contributed by atoms with van der Waals surface area (Å²) in [5, 5.41) is 5.67. The van der Waals surface area contributed by atoms with Gasteiger partial charge in [-0.3, -0.25) is 4.98 Å². The predicted octanol–water partition coefficient (Wildman–Crippen LogP) is 8.09. The fourth-order valence-electron chi connectivity index (χ4n) is 4.65. The van der Waals surface area contributed by atoms with Crippen LogP contribution in [0.2, 0.25) is 19.6 Å². The van der Waals surface area contributed by atoms with Gasteiger partial charge in [-0.15, -0.1) is 0 Å². The molecule has 2 nitrogen and oxygen atoms in total. The number of benzene rings is 3. The smallest absolute Gasteiger partial charge is 0.144 e. The van der Waals surface area contributed by atoms with Gasteiger partial charge in [-0.05, 0) is 53.1 Å². The van der Waals surface area contributed by atoms with Crippen molar-refractivity contribution in [1.82, 2.24) is 4.98 Å². The number of halogens is 1. The van der Waals surface area contributed by atoms with Crippen LogP contribution in [0.5, 0.6) is 0 Å². The third kappa shape index (κ3) is 3.67. The maximum atomic E-state index is 14.9. The van der Waals surface area contributed by atoms with E-state index in [0.717, 1.165) is 38.6 Å². The van der Waals surface area contributed by atoms with Gasteiger partial charge in [0.2, 0.25) is 0 Å². The van der Waals surface area contributed by atoms with Crippen molar-refractivity contribution >= 4 is 46.0 Å². The largest absolute Gasteiger partial charge is 0.455 e. The number of furan rings is 1. The van der Waals surface area contributed by atoms with Crippen LogP contribution in [0.3, 0.4) is 0 Å². The number of pyridine rings is 1. The van der Waals surface area contributed by atoms with Crippen molar-refractivity contribution in [3.63, 3.8) is 0 Å². The van der Waals surface area contributed by atoms with Gasteiger partial charge in [0.15, 0.2) is 0 Å². The fourth-order valence-corrected chi connectivity index (χ4v) is 5.82. The highest BCUT2D eigenvalue weighted by molar-refractivity contribution is 6.88. The van der Waals surface area contributed by atoms with Gasteiger partial charge in [0.1, 0.15) is 17.0 Å². The average molecular weight is 456 g/mol. The van der Waals surface area contributed by atoms with Crippen LogP contribution in [-0.2, 0) is 5.41 Å². The minimum atomic E-state index is -1.42. The third-order valence-corrected chi connectivity index (χ3v) is 8.54. The Kier molecular flexibility index (Phi) is 4.80. The van der Waals surface area contributed by atoms with Crippen LogP contribution < -0.4 is 5.19 Å². The Bertz CT molecular complexity index is 1550. The van der Waals surface area contributed by atoms with E-state index in [1.54, 1.807) is 0 Å². The summed E-state index contributed by atoms with van der Waals surface area (Å²) in [7, 11) is -1.42. The molecule has 0 amide bonds. The lowest BCUT2D eigenvalue weighted by Gasteiger charge is -2.19. The average Bonchev–Trinajstić information content (AvgIpc) is 3.07. The Morgan fingerprint density at radius 2 is 1.64 bits per heavy atom. The highest BCUT2D eigenvalue weighted by Gasteiger charge is 2.23. The molecule has 0 aliphatic carbocycles. The zero-order valence-electron chi connectivity index (χ0n) is 20.4. The van der Waals surface area contributed by atoms with E-state index in [-0.39, 0.29) is 11.2 Å². The van der Waals surface area contributed by atoms with Gasteiger partial charge in [0, 0.05) is 34.0 Å². The van der Waals surface area contributed by atoms with Crippen molar-refractivity contribution in [2.45, 2.75) is 52.8 Å². The van der Waals surface area contributed by atoms with Crippen LogP contribution in [0.4, 0.5) is 4.39 Å². The number of hydrogen-bond acceptors (Lipinski definition) is 2. The molecule has 0 spiro atoms. The van der Waals surface area contributed by atoms with E-state index in [2.05, 4.69) is 63.0 Å². The van der Waals surface area contributed by atoms with Crippen LogP contribution in [0.1, 0.15) is 31.9 Å². The third-order valence-electron chi connectivity index (χ3n) is 6.50. The van der Waals surface area contributed by atoms with Crippen molar-refractivity contribution in [1.29, 1.82) is 0 Å². The molecule has 0 aliphatic heterocycles. The Labute approximate surface area is 195 Å². The Hall–Kier alpha value is -2.98. The quantitative estimate of drug-likeness (QED) is 0.251. The van der Waals surface area contributed by atoms with Gasteiger partial charge in [-0.1, -0.05) is 63.8 Å². The number of fused-ring (bicyclic) bond motifs is 4. The van der Waals surface area contributed by atoms with Crippen molar-refractivity contribution < 1.29 is 8.81 Å². The summed E-state index contributed by atoms with van der Waals surface area (Å²) in [5.41, 5.74) is 4.71. The molecular formula is C29H30FNOSi. The molecule has 2 heterocycles. The summed E-state index contributed by atoms with van der Waals surface area (Å²) in [4.78, 5) is 4.78. The first kappa shape index (κ1) is 21.8. The zero-order valence-corrected chi connectivity index (χ0v) is 21.4. The van der Waals surface area contributed by atoms with Crippen molar-refractivity contribution in [3.05, 3.63) is 71.7 Å². The lowest BCUT2D eigenvalue weighted by atomic mass is 9.85. The van der Waals surface area contributed by atoms with Gasteiger partial charge in [0.05, 0.1) is 13.8 Å². The summed E-state index contributed by atoms with van der Waals surface area (Å²) >= 11 is 0. The van der Waals surface area contributed by atoms with E-state index in [0.29, 0.717) is 11.1 Å². The van der Waals surface area contributed by atoms with Crippen LogP contribution in [-0.4, -0.2) is 13.1 Å². The summed E-state index contributed by atoms with van der Waals surface area (Å²) in [6.07, 6.45) is 1.87. The van der Waals surface area contributed by atoms with Crippen LogP contribution >= 0.6 is 0 Å². The summed E-state index contributed by atoms with van der Waals surface area (Å²) in [6, 6.07) is 16.6. The molecule has 4 heteroatoms. The van der Waals surface area contributed by atoms with Gasteiger partial charge in [0.25, 0.3) is 0 Å². The van der Waals surface area contributed by atoms with Crippen molar-refractivity contribution in [2.24, 2.45) is 0 Å². The first-order valence-corrected chi connectivity index (χ1v) is 15.0. The molecular weight excluding hydrogens is 425 g/mol. The molecule has 0 radical (unpaired) electrons. The molecule has 33 heavy (non-hydrogen) atoms. The van der Waals surface area contributed by atoms with E-state index in [1.807, 2.05) is 33.0 Å². The van der Waals surface area contributed by atoms with Crippen LogP contribution in [0.15, 0.2) is 59.1 Å². The van der Waals surface area contributed by atoms with Gasteiger partial charge >= 0.3 is 0 Å². The fraction of sp³-hybridized carbons (Fsp3) is 0.276. The normalized spacial score (nSPS) is 12.8. The number of hydrogen-bond donors (Lipinski definition) is 0. The SMILES string of the molecule is Cc1cc(-c2nccc3cc([Si](C)(C)C)ccc23)c2oc3cc(F)c(C(C)(C)C)cc3c2c1. The number of aromatic nitrogens is 1. The molecule has 2 aromatic heterocycles. The summed E-state index contributed by atoms with van der Waals surface area (Å²) in [5.74, 6) is -0.227. The maximum Gasteiger partial charge on any atom is 0.144 e. The standard InChI is InChI=1S/C29H30FNOSi/c1-17-12-22-21-15-24(29(2,3)4)25(30)16-26(21)32-28(22)23(13-17)27-20-9-8-19(33(5,6)7)14-18(20)10-11-31-27/h8-16H,1-7H3. The van der Waals surface area contributed by atoms with Crippen molar-refractivity contribution in [2.75, 3.05) is 0 Å². The predicted molar refractivity (Wildman–Crippen MR) is 141 cm³/mol. The molecule has 0 saturated carbocycles. The van der Waals surface area contributed by atoms with E-state index < -0.39 is 8.07 Å². The minimum Gasteiger partial charge on any atom is -0.455 e. The second-order valence-corrected chi connectivity index (χ2v) is 16.3. The highest BCUT2D eigenvalue weighted by Crippen LogP contribution is 2.40. The van der Waals surface area contributed by atoms with Crippen molar-refractivity contribution in [3.8, 4) is 11.3 Å². The molecule has 0 saturated heterocycles. The minimum absolute atomic E-state index is 0.227.